The normalized spacial score (nSPS) is 18.1. The van der Waals surface area contributed by atoms with Gasteiger partial charge < -0.3 is 9.72 Å². The van der Waals surface area contributed by atoms with Gasteiger partial charge in [0.1, 0.15) is 11.6 Å². The van der Waals surface area contributed by atoms with E-state index in [1.807, 2.05) is 12.1 Å². The van der Waals surface area contributed by atoms with Gasteiger partial charge in [0.25, 0.3) is 5.56 Å². The highest BCUT2D eigenvalue weighted by Crippen LogP contribution is 2.32. The van der Waals surface area contributed by atoms with E-state index in [0.29, 0.717) is 34.3 Å². The predicted molar refractivity (Wildman–Crippen MR) is 112 cm³/mol. The molecule has 1 aromatic heterocycles. The average Bonchev–Trinajstić information content (AvgIpc) is 2.94. The van der Waals surface area contributed by atoms with Crippen LogP contribution in [0.15, 0.2) is 47.3 Å². The molecule has 1 fully saturated rings. The summed E-state index contributed by atoms with van der Waals surface area (Å²) in [7, 11) is 1.68. The van der Waals surface area contributed by atoms with Crippen molar-refractivity contribution < 1.29 is 4.74 Å². The molecule has 2 aromatic carbocycles. The number of methoxy groups -OCH3 is 1. The fraction of sp³-hybridized carbons (Fsp3) is 0.364. The number of halogens is 1. The van der Waals surface area contributed by atoms with Gasteiger partial charge in [0, 0.05) is 11.1 Å². The summed E-state index contributed by atoms with van der Waals surface area (Å²) >= 11 is 6.02. The predicted octanol–water partition coefficient (Wildman–Crippen LogP) is 4.70. The van der Waals surface area contributed by atoms with Gasteiger partial charge in [-0.1, -0.05) is 36.6 Å². The summed E-state index contributed by atoms with van der Waals surface area (Å²) in [5, 5.41) is 1.07. The fourth-order valence-electron chi connectivity index (χ4n) is 3.99. The monoisotopic (exact) mass is 397 g/mol. The average molecular weight is 398 g/mol. The van der Waals surface area contributed by atoms with Gasteiger partial charge in [0.2, 0.25) is 0 Å². The minimum atomic E-state index is -0.140. The topological polar surface area (TPSA) is 58.2 Å². The molecule has 146 valence electrons. The number of aromatic amines is 1. The molecule has 0 saturated carbocycles. The molecule has 1 atom stereocenters. The molecule has 2 heterocycles. The summed E-state index contributed by atoms with van der Waals surface area (Å²) in [5.41, 5.74) is 1.81. The van der Waals surface area contributed by atoms with E-state index in [-0.39, 0.29) is 5.56 Å². The third-order valence-corrected chi connectivity index (χ3v) is 5.67. The molecule has 1 N–H and O–H groups in total. The first-order chi connectivity index (χ1) is 13.6. The van der Waals surface area contributed by atoms with Crippen LogP contribution in [0.25, 0.3) is 10.9 Å². The largest absolute Gasteiger partial charge is 0.497 e. The van der Waals surface area contributed by atoms with E-state index in [1.165, 1.54) is 18.4 Å². The molecule has 4 rings (SSSR count). The summed E-state index contributed by atoms with van der Waals surface area (Å²) in [5.74, 6) is 1.56. The maximum absolute atomic E-state index is 12.5. The molecule has 6 heteroatoms. The van der Waals surface area contributed by atoms with Gasteiger partial charge >= 0.3 is 0 Å². The van der Waals surface area contributed by atoms with Crippen LogP contribution in [-0.2, 0) is 6.54 Å². The van der Waals surface area contributed by atoms with E-state index in [1.54, 1.807) is 25.3 Å². The zero-order valence-corrected chi connectivity index (χ0v) is 16.7. The SMILES string of the molecule is COc1ccc([C@H]2CCCCCN2Cc2nc3ccc(Cl)cc3c(=O)[nH]2)cc1. The number of ether oxygens (including phenoxy) is 1. The van der Waals surface area contributed by atoms with Crippen molar-refractivity contribution in [2.24, 2.45) is 0 Å². The van der Waals surface area contributed by atoms with Crippen LogP contribution >= 0.6 is 11.6 Å². The third kappa shape index (κ3) is 4.05. The highest BCUT2D eigenvalue weighted by molar-refractivity contribution is 6.31. The molecule has 0 aliphatic carbocycles. The van der Waals surface area contributed by atoms with Crippen LogP contribution in [-0.4, -0.2) is 28.5 Å². The first-order valence-electron chi connectivity index (χ1n) is 9.70. The minimum absolute atomic E-state index is 0.140. The van der Waals surface area contributed by atoms with Crippen molar-refractivity contribution in [1.82, 2.24) is 14.9 Å². The van der Waals surface area contributed by atoms with Crippen molar-refractivity contribution >= 4 is 22.5 Å². The molecule has 0 amide bonds. The molecular weight excluding hydrogens is 374 g/mol. The maximum atomic E-state index is 12.5. The van der Waals surface area contributed by atoms with Crippen molar-refractivity contribution in [1.29, 1.82) is 0 Å². The summed E-state index contributed by atoms with van der Waals surface area (Å²) in [6.07, 6.45) is 4.68. The Hall–Kier alpha value is -2.37. The second-order valence-electron chi connectivity index (χ2n) is 7.28. The summed E-state index contributed by atoms with van der Waals surface area (Å²) < 4.78 is 5.29. The number of likely N-dealkylation sites (tertiary alicyclic amines) is 1. The molecule has 1 aliphatic rings. The molecule has 3 aromatic rings. The molecule has 0 unspecified atom stereocenters. The molecular formula is C22H24ClN3O2. The van der Waals surface area contributed by atoms with Crippen LogP contribution in [0.2, 0.25) is 5.02 Å². The Labute approximate surface area is 169 Å². The van der Waals surface area contributed by atoms with E-state index >= 15 is 0 Å². The molecule has 0 radical (unpaired) electrons. The van der Waals surface area contributed by atoms with Crippen molar-refractivity contribution in [3.05, 3.63) is 69.2 Å². The molecule has 0 bridgehead atoms. The Morgan fingerprint density at radius 1 is 1.18 bits per heavy atom. The van der Waals surface area contributed by atoms with Crippen molar-refractivity contribution in [3.8, 4) is 5.75 Å². The fourth-order valence-corrected chi connectivity index (χ4v) is 4.16. The Morgan fingerprint density at radius 3 is 2.79 bits per heavy atom. The lowest BCUT2D eigenvalue weighted by Crippen LogP contribution is -2.30. The van der Waals surface area contributed by atoms with Crippen LogP contribution in [0.4, 0.5) is 0 Å². The Kier molecular flexibility index (Phi) is 5.64. The number of aromatic nitrogens is 2. The zero-order valence-electron chi connectivity index (χ0n) is 16.0. The summed E-state index contributed by atoms with van der Waals surface area (Å²) in [6, 6.07) is 13.8. The van der Waals surface area contributed by atoms with Crippen LogP contribution in [0, 0.1) is 0 Å². The van der Waals surface area contributed by atoms with Crippen LogP contribution in [0.3, 0.4) is 0 Å². The number of nitrogens with zero attached hydrogens (tertiary/aromatic N) is 2. The quantitative estimate of drug-likeness (QED) is 0.693. The van der Waals surface area contributed by atoms with Gasteiger partial charge in [-0.05, 0) is 55.3 Å². The number of rotatable bonds is 4. The lowest BCUT2D eigenvalue weighted by Gasteiger charge is -2.30. The number of hydrogen-bond acceptors (Lipinski definition) is 4. The minimum Gasteiger partial charge on any atom is -0.497 e. The van der Waals surface area contributed by atoms with Gasteiger partial charge in [0.15, 0.2) is 0 Å². The standard InChI is InChI=1S/C22H24ClN3O2/c1-28-17-9-6-15(7-10-17)20-5-3-2-4-12-26(20)14-21-24-19-11-8-16(23)13-18(19)22(27)25-21/h6-11,13,20H,2-5,12,14H2,1H3,(H,24,25,27)/t20-/m1/s1. The van der Waals surface area contributed by atoms with E-state index in [2.05, 4.69) is 27.0 Å². The Bertz CT molecular complexity index is 1020. The number of nitrogens with one attached hydrogen (secondary N) is 1. The smallest absolute Gasteiger partial charge is 0.258 e. The molecule has 28 heavy (non-hydrogen) atoms. The third-order valence-electron chi connectivity index (χ3n) is 5.43. The maximum Gasteiger partial charge on any atom is 0.258 e. The van der Waals surface area contributed by atoms with E-state index in [0.717, 1.165) is 25.1 Å². The highest BCUT2D eigenvalue weighted by Gasteiger charge is 2.23. The molecule has 5 nitrogen and oxygen atoms in total. The first kappa shape index (κ1) is 19.0. The van der Waals surface area contributed by atoms with Crippen molar-refractivity contribution in [3.63, 3.8) is 0 Å². The zero-order chi connectivity index (χ0) is 19.5. The molecule has 1 saturated heterocycles. The Balaban J connectivity index is 1.64. The lowest BCUT2D eigenvalue weighted by atomic mass is 10.0. The molecule has 1 aliphatic heterocycles. The van der Waals surface area contributed by atoms with Crippen LogP contribution in [0.5, 0.6) is 5.75 Å². The van der Waals surface area contributed by atoms with Gasteiger partial charge in [-0.25, -0.2) is 4.98 Å². The van der Waals surface area contributed by atoms with Gasteiger partial charge in [-0.3, -0.25) is 9.69 Å². The Morgan fingerprint density at radius 2 is 2.00 bits per heavy atom. The van der Waals surface area contributed by atoms with Crippen LogP contribution < -0.4 is 10.3 Å². The highest BCUT2D eigenvalue weighted by atomic mass is 35.5. The number of benzene rings is 2. The first-order valence-corrected chi connectivity index (χ1v) is 10.1. The second kappa shape index (κ2) is 8.33. The van der Waals surface area contributed by atoms with Gasteiger partial charge in [-0.15, -0.1) is 0 Å². The van der Waals surface area contributed by atoms with Crippen molar-refractivity contribution in [2.75, 3.05) is 13.7 Å². The number of hydrogen-bond donors (Lipinski definition) is 1. The summed E-state index contributed by atoms with van der Waals surface area (Å²) in [6.45, 7) is 1.60. The number of H-pyrrole nitrogens is 1. The van der Waals surface area contributed by atoms with E-state index in [9.17, 15) is 4.79 Å². The van der Waals surface area contributed by atoms with Crippen molar-refractivity contribution in [2.45, 2.75) is 38.3 Å². The second-order valence-corrected chi connectivity index (χ2v) is 7.72. The van der Waals surface area contributed by atoms with Crippen LogP contribution in [0.1, 0.15) is 43.1 Å². The van der Waals surface area contributed by atoms with Gasteiger partial charge in [0.05, 0.1) is 24.6 Å². The lowest BCUT2D eigenvalue weighted by molar-refractivity contribution is 0.187. The summed E-state index contributed by atoms with van der Waals surface area (Å²) in [4.78, 5) is 22.6. The van der Waals surface area contributed by atoms with E-state index < -0.39 is 0 Å². The number of fused-ring (bicyclic) bond motifs is 1. The molecule has 0 spiro atoms. The van der Waals surface area contributed by atoms with E-state index in [4.69, 9.17) is 16.3 Å². The van der Waals surface area contributed by atoms with Gasteiger partial charge in [-0.2, -0.15) is 0 Å².